The van der Waals surface area contributed by atoms with Crippen molar-refractivity contribution in [1.82, 2.24) is 15.1 Å². The highest BCUT2D eigenvalue weighted by Gasteiger charge is 2.05. The van der Waals surface area contributed by atoms with Gasteiger partial charge in [-0.15, -0.1) is 0 Å². The molecule has 4 nitrogen and oxygen atoms in total. The van der Waals surface area contributed by atoms with E-state index in [-0.39, 0.29) is 6.10 Å². The van der Waals surface area contributed by atoms with Gasteiger partial charge < -0.3 is 10.1 Å². The molecule has 1 heterocycles. The summed E-state index contributed by atoms with van der Waals surface area (Å²) < 4.78 is 7.60. The summed E-state index contributed by atoms with van der Waals surface area (Å²) in [5.41, 5.74) is 0. The Bertz CT molecular complexity index is 273. The van der Waals surface area contributed by atoms with E-state index < -0.39 is 0 Å². The third-order valence-electron chi connectivity index (χ3n) is 2.31. The van der Waals surface area contributed by atoms with Gasteiger partial charge in [-0.3, -0.25) is 4.68 Å². The van der Waals surface area contributed by atoms with Gasteiger partial charge in [0, 0.05) is 6.54 Å². The van der Waals surface area contributed by atoms with Gasteiger partial charge in [-0.05, 0) is 40.3 Å². The quantitative estimate of drug-likeness (QED) is 0.697. The molecular weight excluding hydrogens is 190 g/mol. The van der Waals surface area contributed by atoms with Crippen molar-refractivity contribution in [2.24, 2.45) is 0 Å². The monoisotopic (exact) mass is 211 g/mol. The molecule has 0 spiro atoms. The first kappa shape index (κ1) is 12.0. The molecule has 1 aromatic heterocycles. The molecule has 1 aromatic rings. The van der Waals surface area contributed by atoms with Gasteiger partial charge in [-0.25, -0.2) is 0 Å². The molecular formula is C11H21N3O. The summed E-state index contributed by atoms with van der Waals surface area (Å²) in [6.07, 6.45) is 6.18. The summed E-state index contributed by atoms with van der Waals surface area (Å²) in [7, 11) is 1.97. The summed E-state index contributed by atoms with van der Waals surface area (Å²) in [4.78, 5) is 0. The second-order valence-corrected chi connectivity index (χ2v) is 3.71. The molecule has 0 aromatic carbocycles. The van der Waals surface area contributed by atoms with Gasteiger partial charge in [0.25, 0.3) is 0 Å². The predicted molar refractivity (Wildman–Crippen MR) is 61.2 cm³/mol. The minimum atomic E-state index is 0.257. The fourth-order valence-electron chi connectivity index (χ4n) is 1.44. The van der Waals surface area contributed by atoms with Crippen LogP contribution < -0.4 is 10.1 Å². The van der Waals surface area contributed by atoms with Crippen molar-refractivity contribution in [1.29, 1.82) is 0 Å². The van der Waals surface area contributed by atoms with Crippen molar-refractivity contribution >= 4 is 0 Å². The third-order valence-corrected chi connectivity index (χ3v) is 2.31. The summed E-state index contributed by atoms with van der Waals surface area (Å²) in [5, 5.41) is 7.29. The number of rotatable bonds is 7. The van der Waals surface area contributed by atoms with Crippen molar-refractivity contribution in [3.63, 3.8) is 0 Å². The van der Waals surface area contributed by atoms with Crippen LogP contribution in [-0.2, 0) is 6.54 Å². The van der Waals surface area contributed by atoms with Crippen LogP contribution in [0.25, 0.3) is 0 Å². The van der Waals surface area contributed by atoms with E-state index in [1.165, 1.54) is 0 Å². The average Bonchev–Trinajstić information content (AvgIpc) is 2.66. The van der Waals surface area contributed by atoms with Crippen LogP contribution in [0.5, 0.6) is 5.75 Å². The SMILES string of the molecule is CCn1cc(OC(C)CCCNC)cn1. The van der Waals surface area contributed by atoms with Gasteiger partial charge in [0.2, 0.25) is 0 Å². The molecule has 0 aliphatic heterocycles. The van der Waals surface area contributed by atoms with Gasteiger partial charge in [0.15, 0.2) is 5.75 Å². The van der Waals surface area contributed by atoms with Crippen molar-refractivity contribution in [2.75, 3.05) is 13.6 Å². The lowest BCUT2D eigenvalue weighted by Gasteiger charge is -2.12. The van der Waals surface area contributed by atoms with Crippen molar-refractivity contribution in [3.05, 3.63) is 12.4 Å². The van der Waals surface area contributed by atoms with Crippen LogP contribution in [0, 0.1) is 0 Å². The summed E-state index contributed by atoms with van der Waals surface area (Å²) in [5.74, 6) is 0.869. The van der Waals surface area contributed by atoms with Crippen LogP contribution in [0.4, 0.5) is 0 Å². The molecule has 4 heteroatoms. The molecule has 0 saturated carbocycles. The maximum absolute atomic E-state index is 5.73. The zero-order chi connectivity index (χ0) is 11.1. The lowest BCUT2D eigenvalue weighted by molar-refractivity contribution is 0.207. The lowest BCUT2D eigenvalue weighted by atomic mass is 10.2. The van der Waals surface area contributed by atoms with E-state index in [1.54, 1.807) is 6.20 Å². The first-order chi connectivity index (χ1) is 7.26. The maximum Gasteiger partial charge on any atom is 0.157 e. The van der Waals surface area contributed by atoms with Gasteiger partial charge in [-0.2, -0.15) is 5.10 Å². The Balaban J connectivity index is 2.27. The number of nitrogens with one attached hydrogen (secondary N) is 1. The first-order valence-corrected chi connectivity index (χ1v) is 5.60. The highest BCUT2D eigenvalue weighted by molar-refractivity contribution is 5.11. The van der Waals surface area contributed by atoms with Crippen LogP contribution in [0.2, 0.25) is 0 Å². The molecule has 1 N–H and O–H groups in total. The van der Waals surface area contributed by atoms with E-state index in [0.29, 0.717) is 0 Å². The second-order valence-electron chi connectivity index (χ2n) is 3.71. The molecule has 0 radical (unpaired) electrons. The molecule has 1 unspecified atom stereocenters. The molecule has 15 heavy (non-hydrogen) atoms. The van der Waals surface area contributed by atoms with E-state index in [0.717, 1.165) is 31.7 Å². The van der Waals surface area contributed by atoms with Crippen LogP contribution in [0.1, 0.15) is 26.7 Å². The molecule has 0 saturated heterocycles. The topological polar surface area (TPSA) is 39.1 Å². The van der Waals surface area contributed by atoms with Gasteiger partial charge in [0.05, 0.1) is 18.5 Å². The standard InChI is InChI=1S/C11H21N3O/c1-4-14-9-11(8-13-14)15-10(2)6-5-7-12-3/h8-10,12H,4-7H2,1-3H3. The molecule has 0 aliphatic carbocycles. The van der Waals surface area contributed by atoms with Crippen LogP contribution >= 0.6 is 0 Å². The Morgan fingerprint density at radius 1 is 1.60 bits per heavy atom. The Kier molecular flexibility index (Phi) is 5.18. The van der Waals surface area contributed by atoms with E-state index in [4.69, 9.17) is 4.74 Å². The van der Waals surface area contributed by atoms with E-state index >= 15 is 0 Å². The zero-order valence-corrected chi connectivity index (χ0v) is 9.86. The Labute approximate surface area is 91.6 Å². The van der Waals surface area contributed by atoms with Gasteiger partial charge >= 0.3 is 0 Å². The first-order valence-electron chi connectivity index (χ1n) is 5.60. The van der Waals surface area contributed by atoms with Crippen molar-refractivity contribution in [2.45, 2.75) is 39.3 Å². The highest BCUT2D eigenvalue weighted by atomic mass is 16.5. The molecule has 0 bridgehead atoms. The van der Waals surface area contributed by atoms with Crippen LogP contribution in [-0.4, -0.2) is 29.5 Å². The molecule has 0 fully saturated rings. The highest BCUT2D eigenvalue weighted by Crippen LogP contribution is 2.12. The van der Waals surface area contributed by atoms with Gasteiger partial charge in [0.1, 0.15) is 0 Å². The number of ether oxygens (including phenoxy) is 1. The summed E-state index contributed by atoms with van der Waals surface area (Å²) in [6.45, 7) is 6.09. The Morgan fingerprint density at radius 2 is 2.40 bits per heavy atom. The largest absolute Gasteiger partial charge is 0.487 e. The maximum atomic E-state index is 5.73. The predicted octanol–water partition coefficient (Wildman–Crippen LogP) is 1.67. The van der Waals surface area contributed by atoms with Crippen LogP contribution in [0.15, 0.2) is 12.4 Å². The Hall–Kier alpha value is -1.03. The van der Waals surface area contributed by atoms with E-state index in [9.17, 15) is 0 Å². The number of nitrogens with zero attached hydrogens (tertiary/aromatic N) is 2. The molecule has 86 valence electrons. The number of aryl methyl sites for hydroxylation is 1. The molecule has 1 rings (SSSR count). The number of aromatic nitrogens is 2. The fourth-order valence-corrected chi connectivity index (χ4v) is 1.44. The second kappa shape index (κ2) is 6.45. The molecule has 0 amide bonds. The fraction of sp³-hybridized carbons (Fsp3) is 0.727. The minimum absolute atomic E-state index is 0.257. The summed E-state index contributed by atoms with van der Waals surface area (Å²) in [6, 6.07) is 0. The van der Waals surface area contributed by atoms with Crippen molar-refractivity contribution < 1.29 is 4.74 Å². The van der Waals surface area contributed by atoms with Crippen molar-refractivity contribution in [3.8, 4) is 5.75 Å². The average molecular weight is 211 g/mol. The van der Waals surface area contributed by atoms with Gasteiger partial charge in [-0.1, -0.05) is 0 Å². The smallest absolute Gasteiger partial charge is 0.157 e. The number of hydrogen-bond acceptors (Lipinski definition) is 3. The van der Waals surface area contributed by atoms with E-state index in [1.807, 2.05) is 17.9 Å². The number of hydrogen-bond donors (Lipinski definition) is 1. The zero-order valence-electron chi connectivity index (χ0n) is 9.86. The third kappa shape index (κ3) is 4.34. The normalized spacial score (nSPS) is 12.7. The minimum Gasteiger partial charge on any atom is -0.487 e. The molecule has 1 atom stereocenters. The molecule has 0 aliphatic rings. The summed E-state index contributed by atoms with van der Waals surface area (Å²) >= 11 is 0. The van der Waals surface area contributed by atoms with E-state index in [2.05, 4.69) is 24.3 Å². The lowest BCUT2D eigenvalue weighted by Crippen LogP contribution is -2.15. The van der Waals surface area contributed by atoms with Crippen LogP contribution in [0.3, 0.4) is 0 Å². The Morgan fingerprint density at radius 3 is 3.00 bits per heavy atom.